The molecule has 5 nitrogen and oxygen atoms in total. The predicted molar refractivity (Wildman–Crippen MR) is 78.3 cm³/mol. The lowest BCUT2D eigenvalue weighted by Crippen LogP contribution is -2.42. The van der Waals surface area contributed by atoms with Crippen molar-refractivity contribution >= 4 is 17.3 Å². The second kappa shape index (κ2) is 4.94. The number of rotatable bonds is 3. The van der Waals surface area contributed by atoms with E-state index in [1.165, 1.54) is 0 Å². The fourth-order valence-electron chi connectivity index (χ4n) is 2.37. The SMILES string of the molecule is CC1(CN)CCN(c2n[nH]c(-c3cccs3)n2)CC1. The molecule has 0 aromatic carbocycles. The van der Waals surface area contributed by atoms with Gasteiger partial charge in [0.1, 0.15) is 0 Å². The van der Waals surface area contributed by atoms with E-state index in [9.17, 15) is 0 Å². The molecule has 0 amide bonds. The number of hydrogen-bond donors (Lipinski definition) is 2. The third-order valence-corrected chi connectivity index (χ3v) is 4.85. The third kappa shape index (κ3) is 2.50. The second-order valence-corrected chi connectivity index (χ2v) is 6.41. The van der Waals surface area contributed by atoms with Crippen LogP contribution < -0.4 is 10.6 Å². The van der Waals surface area contributed by atoms with Crippen molar-refractivity contribution in [3.05, 3.63) is 17.5 Å². The Morgan fingerprint density at radius 2 is 2.26 bits per heavy atom. The predicted octanol–water partition coefficient (Wildman–Crippen LogP) is 2.10. The van der Waals surface area contributed by atoms with Crippen LogP contribution in [0.1, 0.15) is 19.8 Å². The van der Waals surface area contributed by atoms with Gasteiger partial charge in [-0.05, 0) is 36.2 Å². The van der Waals surface area contributed by atoms with Crippen molar-refractivity contribution in [3.63, 3.8) is 0 Å². The van der Waals surface area contributed by atoms with Gasteiger partial charge in [-0.1, -0.05) is 13.0 Å². The van der Waals surface area contributed by atoms with Crippen LogP contribution in [0.5, 0.6) is 0 Å². The van der Waals surface area contributed by atoms with Gasteiger partial charge in [0.05, 0.1) is 4.88 Å². The van der Waals surface area contributed by atoms with Crippen molar-refractivity contribution in [2.75, 3.05) is 24.5 Å². The van der Waals surface area contributed by atoms with E-state index in [2.05, 4.69) is 33.1 Å². The van der Waals surface area contributed by atoms with E-state index in [1.54, 1.807) is 11.3 Å². The number of piperidine rings is 1. The van der Waals surface area contributed by atoms with Crippen LogP contribution in [0.2, 0.25) is 0 Å². The Bertz CT molecular complexity index is 525. The number of aromatic amines is 1. The second-order valence-electron chi connectivity index (χ2n) is 5.46. The van der Waals surface area contributed by atoms with Crippen molar-refractivity contribution in [1.29, 1.82) is 0 Å². The molecule has 3 rings (SSSR count). The summed E-state index contributed by atoms with van der Waals surface area (Å²) < 4.78 is 0. The van der Waals surface area contributed by atoms with E-state index in [0.29, 0.717) is 0 Å². The van der Waals surface area contributed by atoms with Gasteiger partial charge in [-0.25, -0.2) is 0 Å². The summed E-state index contributed by atoms with van der Waals surface area (Å²) in [4.78, 5) is 7.96. The average molecular weight is 277 g/mol. The first kappa shape index (κ1) is 12.6. The standard InChI is InChI=1S/C13H19N5S/c1-13(9-14)4-6-18(7-5-13)12-15-11(16-17-12)10-3-2-8-19-10/h2-3,8H,4-7,9,14H2,1H3,(H,15,16,17). The summed E-state index contributed by atoms with van der Waals surface area (Å²) in [7, 11) is 0. The van der Waals surface area contributed by atoms with Gasteiger partial charge in [0.2, 0.25) is 5.95 Å². The minimum atomic E-state index is 0.281. The van der Waals surface area contributed by atoms with E-state index >= 15 is 0 Å². The molecule has 0 atom stereocenters. The maximum atomic E-state index is 5.84. The molecule has 1 fully saturated rings. The van der Waals surface area contributed by atoms with Crippen LogP contribution in [-0.4, -0.2) is 34.8 Å². The highest BCUT2D eigenvalue weighted by Gasteiger charge is 2.30. The average Bonchev–Trinajstić information content (AvgIpc) is 3.10. The van der Waals surface area contributed by atoms with Gasteiger partial charge < -0.3 is 10.6 Å². The summed E-state index contributed by atoms with van der Waals surface area (Å²) in [6, 6.07) is 4.08. The first-order valence-electron chi connectivity index (χ1n) is 6.61. The minimum absolute atomic E-state index is 0.281. The number of anilines is 1. The zero-order valence-electron chi connectivity index (χ0n) is 11.1. The van der Waals surface area contributed by atoms with Crippen LogP contribution in [0.4, 0.5) is 5.95 Å². The molecule has 0 unspecified atom stereocenters. The highest BCUT2D eigenvalue weighted by atomic mass is 32.1. The summed E-state index contributed by atoms with van der Waals surface area (Å²) in [5.41, 5.74) is 6.12. The lowest BCUT2D eigenvalue weighted by Gasteiger charge is -2.38. The van der Waals surface area contributed by atoms with Crippen LogP contribution in [0.15, 0.2) is 17.5 Å². The Kier molecular flexibility index (Phi) is 3.28. The molecule has 0 radical (unpaired) electrons. The van der Waals surface area contributed by atoms with E-state index < -0.39 is 0 Å². The maximum absolute atomic E-state index is 5.84. The molecule has 3 heterocycles. The number of nitrogens with one attached hydrogen (secondary N) is 1. The molecule has 2 aromatic rings. The first-order chi connectivity index (χ1) is 9.20. The Balaban J connectivity index is 1.71. The number of nitrogens with zero attached hydrogens (tertiary/aromatic N) is 3. The summed E-state index contributed by atoms with van der Waals surface area (Å²) >= 11 is 1.67. The molecule has 19 heavy (non-hydrogen) atoms. The normalized spacial score (nSPS) is 18.7. The molecule has 6 heteroatoms. The molecule has 3 N–H and O–H groups in total. The summed E-state index contributed by atoms with van der Waals surface area (Å²) in [6.45, 7) is 4.99. The Morgan fingerprint density at radius 1 is 1.47 bits per heavy atom. The van der Waals surface area contributed by atoms with Gasteiger partial charge in [0, 0.05) is 13.1 Å². The zero-order valence-corrected chi connectivity index (χ0v) is 11.9. The molecule has 0 saturated carbocycles. The van der Waals surface area contributed by atoms with Crippen LogP contribution in [0.3, 0.4) is 0 Å². The molecule has 2 aromatic heterocycles. The number of thiophene rings is 1. The van der Waals surface area contributed by atoms with Crippen molar-refractivity contribution in [2.45, 2.75) is 19.8 Å². The van der Waals surface area contributed by atoms with Gasteiger partial charge in [-0.15, -0.1) is 16.4 Å². The van der Waals surface area contributed by atoms with Crippen molar-refractivity contribution < 1.29 is 0 Å². The van der Waals surface area contributed by atoms with Gasteiger partial charge in [-0.2, -0.15) is 4.98 Å². The fourth-order valence-corrected chi connectivity index (χ4v) is 3.03. The fraction of sp³-hybridized carbons (Fsp3) is 0.538. The highest BCUT2D eigenvalue weighted by Crippen LogP contribution is 2.31. The molecule has 102 valence electrons. The third-order valence-electron chi connectivity index (χ3n) is 3.97. The molecular weight excluding hydrogens is 258 g/mol. The van der Waals surface area contributed by atoms with Gasteiger partial charge in [0.25, 0.3) is 0 Å². The molecule has 1 saturated heterocycles. The van der Waals surface area contributed by atoms with Crippen molar-refractivity contribution in [3.8, 4) is 10.7 Å². The van der Waals surface area contributed by atoms with Crippen LogP contribution in [-0.2, 0) is 0 Å². The summed E-state index contributed by atoms with van der Waals surface area (Å²) in [5, 5.41) is 9.40. The van der Waals surface area contributed by atoms with E-state index in [-0.39, 0.29) is 5.41 Å². The number of aromatic nitrogens is 3. The Labute approximate surface area is 116 Å². The first-order valence-corrected chi connectivity index (χ1v) is 7.49. The monoisotopic (exact) mass is 277 g/mol. The van der Waals surface area contributed by atoms with Gasteiger partial charge in [-0.3, -0.25) is 5.10 Å². The van der Waals surface area contributed by atoms with Crippen molar-refractivity contribution in [1.82, 2.24) is 15.2 Å². The van der Waals surface area contributed by atoms with Crippen LogP contribution >= 0.6 is 11.3 Å². The minimum Gasteiger partial charge on any atom is -0.339 e. The molecule has 1 aliphatic heterocycles. The molecular formula is C13H19N5S. The number of hydrogen-bond acceptors (Lipinski definition) is 5. The van der Waals surface area contributed by atoms with Gasteiger partial charge in [0.15, 0.2) is 5.82 Å². The van der Waals surface area contributed by atoms with E-state index in [1.807, 2.05) is 11.4 Å². The molecule has 0 spiro atoms. The Morgan fingerprint density at radius 3 is 2.89 bits per heavy atom. The number of nitrogens with two attached hydrogens (primary N) is 1. The zero-order chi connectivity index (χ0) is 13.3. The lowest BCUT2D eigenvalue weighted by atomic mass is 9.81. The Hall–Kier alpha value is -1.40. The van der Waals surface area contributed by atoms with Crippen molar-refractivity contribution in [2.24, 2.45) is 11.1 Å². The molecule has 0 aliphatic carbocycles. The lowest BCUT2D eigenvalue weighted by molar-refractivity contribution is 0.257. The smallest absolute Gasteiger partial charge is 0.245 e. The summed E-state index contributed by atoms with van der Waals surface area (Å²) in [5.74, 6) is 1.67. The van der Waals surface area contributed by atoms with Crippen LogP contribution in [0.25, 0.3) is 10.7 Å². The maximum Gasteiger partial charge on any atom is 0.245 e. The largest absolute Gasteiger partial charge is 0.339 e. The quantitative estimate of drug-likeness (QED) is 0.901. The van der Waals surface area contributed by atoms with E-state index in [0.717, 1.165) is 49.1 Å². The molecule has 1 aliphatic rings. The highest BCUT2D eigenvalue weighted by molar-refractivity contribution is 7.13. The topological polar surface area (TPSA) is 70.8 Å². The van der Waals surface area contributed by atoms with E-state index in [4.69, 9.17) is 5.73 Å². The number of H-pyrrole nitrogens is 1. The van der Waals surface area contributed by atoms with Gasteiger partial charge >= 0.3 is 0 Å². The molecule has 0 bridgehead atoms. The summed E-state index contributed by atoms with van der Waals surface area (Å²) in [6.07, 6.45) is 2.21. The van der Waals surface area contributed by atoms with Crippen LogP contribution in [0, 0.1) is 5.41 Å².